The molecule has 3 aromatic rings. The molecule has 2 aromatic heterocycles. The number of rotatable bonds is 3. The fourth-order valence-electron chi connectivity index (χ4n) is 2.78. The van der Waals surface area contributed by atoms with Gasteiger partial charge in [-0.2, -0.15) is 5.10 Å². The van der Waals surface area contributed by atoms with E-state index in [4.69, 9.17) is 16.3 Å². The van der Waals surface area contributed by atoms with Gasteiger partial charge in [-0.3, -0.25) is 9.89 Å². The van der Waals surface area contributed by atoms with Gasteiger partial charge >= 0.3 is 0 Å². The maximum atomic E-state index is 14.1. The number of hydrogen-bond acceptors (Lipinski definition) is 5. The average Bonchev–Trinajstić information content (AvgIpc) is 3.35. The fourth-order valence-corrected chi connectivity index (χ4v) is 2.95. The Labute approximate surface area is 152 Å². The number of carbonyl (C=O) groups is 1. The molecular formula is C16H14ClFN6O2. The molecule has 26 heavy (non-hydrogen) atoms. The predicted octanol–water partition coefficient (Wildman–Crippen LogP) is 2.00. The minimum atomic E-state index is -0.621. The van der Waals surface area contributed by atoms with Gasteiger partial charge in [0, 0.05) is 18.3 Å². The number of carbonyl (C=O) groups excluding carboxylic acids is 1. The average molecular weight is 377 g/mol. The van der Waals surface area contributed by atoms with Gasteiger partial charge in [0.15, 0.2) is 11.5 Å². The molecule has 1 fully saturated rings. The zero-order valence-corrected chi connectivity index (χ0v) is 14.2. The van der Waals surface area contributed by atoms with Crippen LogP contribution in [0.5, 0.6) is 0 Å². The molecule has 1 aliphatic heterocycles. The van der Waals surface area contributed by atoms with Crippen LogP contribution in [0, 0.1) is 5.82 Å². The van der Waals surface area contributed by atoms with E-state index in [0.29, 0.717) is 19.7 Å². The summed E-state index contributed by atoms with van der Waals surface area (Å²) in [6.45, 7) is 1.21. The van der Waals surface area contributed by atoms with Gasteiger partial charge in [-0.15, -0.1) is 5.10 Å². The number of aromatic nitrogens is 5. The molecule has 0 aliphatic carbocycles. The molecule has 4 rings (SSSR count). The van der Waals surface area contributed by atoms with Crippen LogP contribution in [0.15, 0.2) is 36.8 Å². The number of H-pyrrole nitrogens is 1. The van der Waals surface area contributed by atoms with E-state index in [2.05, 4.69) is 20.5 Å². The van der Waals surface area contributed by atoms with Crippen LogP contribution >= 0.6 is 11.6 Å². The Bertz CT molecular complexity index is 929. The number of halogens is 2. The third-order valence-corrected chi connectivity index (χ3v) is 4.43. The molecule has 1 aromatic carbocycles. The van der Waals surface area contributed by atoms with Crippen molar-refractivity contribution in [2.75, 3.05) is 19.7 Å². The molecular weight excluding hydrogens is 363 g/mol. The normalized spacial score (nSPS) is 17.5. The summed E-state index contributed by atoms with van der Waals surface area (Å²) in [6, 6.07) is 4.54. The van der Waals surface area contributed by atoms with Crippen molar-refractivity contribution in [2.45, 2.75) is 6.10 Å². The van der Waals surface area contributed by atoms with Crippen molar-refractivity contribution in [3.63, 3.8) is 0 Å². The summed E-state index contributed by atoms with van der Waals surface area (Å²) in [6.07, 6.45) is 4.53. The lowest BCUT2D eigenvalue weighted by Crippen LogP contribution is -2.42. The first kappa shape index (κ1) is 16.7. The van der Waals surface area contributed by atoms with E-state index < -0.39 is 5.82 Å². The topological polar surface area (TPSA) is 88.9 Å². The Morgan fingerprint density at radius 3 is 3.12 bits per heavy atom. The summed E-state index contributed by atoms with van der Waals surface area (Å²) in [5.41, 5.74) is 1.12. The van der Waals surface area contributed by atoms with Crippen LogP contribution in [-0.4, -0.2) is 55.7 Å². The van der Waals surface area contributed by atoms with Gasteiger partial charge in [0.25, 0.3) is 5.91 Å². The van der Waals surface area contributed by atoms with Crippen molar-refractivity contribution >= 4 is 17.5 Å². The summed E-state index contributed by atoms with van der Waals surface area (Å²) in [5, 5.41) is 14.3. The summed E-state index contributed by atoms with van der Waals surface area (Å²) < 4.78 is 21.0. The van der Waals surface area contributed by atoms with Crippen molar-refractivity contribution in [3.8, 4) is 5.69 Å². The molecule has 0 saturated carbocycles. The number of nitrogens with one attached hydrogen (secondary N) is 1. The molecule has 0 spiro atoms. The molecule has 0 bridgehead atoms. The molecule has 8 nitrogen and oxygen atoms in total. The highest BCUT2D eigenvalue weighted by Crippen LogP contribution is 2.23. The molecule has 1 N–H and O–H groups in total. The van der Waals surface area contributed by atoms with Crippen molar-refractivity contribution < 1.29 is 13.9 Å². The second-order valence-electron chi connectivity index (χ2n) is 5.76. The van der Waals surface area contributed by atoms with E-state index >= 15 is 0 Å². The molecule has 0 radical (unpaired) electrons. The monoisotopic (exact) mass is 376 g/mol. The van der Waals surface area contributed by atoms with Crippen LogP contribution in [0.1, 0.15) is 22.2 Å². The minimum absolute atomic E-state index is 0.0259. The summed E-state index contributed by atoms with van der Waals surface area (Å²) >= 11 is 5.79. The zero-order valence-electron chi connectivity index (χ0n) is 13.5. The highest BCUT2D eigenvalue weighted by molar-refractivity contribution is 6.30. The lowest BCUT2D eigenvalue weighted by Gasteiger charge is -2.31. The van der Waals surface area contributed by atoms with Gasteiger partial charge in [0.05, 0.1) is 30.6 Å². The second-order valence-corrected chi connectivity index (χ2v) is 6.17. The van der Waals surface area contributed by atoms with Crippen molar-refractivity contribution in [3.05, 3.63) is 58.9 Å². The fraction of sp³-hybridized carbons (Fsp3) is 0.250. The number of morpholine rings is 1. The van der Waals surface area contributed by atoms with Crippen LogP contribution < -0.4 is 0 Å². The van der Waals surface area contributed by atoms with E-state index in [1.54, 1.807) is 23.4 Å². The van der Waals surface area contributed by atoms with Gasteiger partial charge < -0.3 is 9.64 Å². The van der Waals surface area contributed by atoms with Crippen LogP contribution in [0.25, 0.3) is 5.69 Å². The first-order chi connectivity index (χ1) is 12.6. The van der Waals surface area contributed by atoms with Gasteiger partial charge in [0.1, 0.15) is 11.8 Å². The molecule has 1 aliphatic rings. The predicted molar refractivity (Wildman–Crippen MR) is 89.5 cm³/mol. The Morgan fingerprint density at radius 1 is 1.42 bits per heavy atom. The molecule has 1 unspecified atom stereocenters. The molecule has 1 saturated heterocycles. The van der Waals surface area contributed by atoms with Crippen LogP contribution in [0.2, 0.25) is 5.02 Å². The van der Waals surface area contributed by atoms with E-state index in [0.717, 1.165) is 5.56 Å². The van der Waals surface area contributed by atoms with Crippen LogP contribution in [0.3, 0.4) is 0 Å². The quantitative estimate of drug-likeness (QED) is 0.755. The van der Waals surface area contributed by atoms with Crippen molar-refractivity contribution in [1.82, 2.24) is 30.1 Å². The standard InChI is InChI=1S/C16H14ClFN6O2/c17-11-2-1-3-13(15(11)18)24-8-12(21-22-24)16(25)23-4-5-26-14(9-23)10-6-19-20-7-10/h1-3,6-8,14H,4-5,9H2,(H,19,20). The summed E-state index contributed by atoms with van der Waals surface area (Å²) in [7, 11) is 0. The Balaban J connectivity index is 1.54. The Kier molecular flexibility index (Phi) is 4.39. The van der Waals surface area contributed by atoms with E-state index in [-0.39, 0.29) is 28.4 Å². The first-order valence-electron chi connectivity index (χ1n) is 7.90. The van der Waals surface area contributed by atoms with Gasteiger partial charge in [-0.1, -0.05) is 22.9 Å². The number of amides is 1. The molecule has 1 atom stereocenters. The second kappa shape index (κ2) is 6.85. The third kappa shape index (κ3) is 3.06. The Morgan fingerprint density at radius 2 is 2.31 bits per heavy atom. The number of nitrogens with zero attached hydrogens (tertiary/aromatic N) is 5. The van der Waals surface area contributed by atoms with Crippen LogP contribution in [-0.2, 0) is 4.74 Å². The highest BCUT2D eigenvalue weighted by atomic mass is 35.5. The molecule has 3 heterocycles. The van der Waals surface area contributed by atoms with Gasteiger partial charge in [-0.05, 0) is 12.1 Å². The summed E-state index contributed by atoms with van der Waals surface area (Å²) in [4.78, 5) is 14.4. The van der Waals surface area contributed by atoms with Crippen molar-refractivity contribution in [2.24, 2.45) is 0 Å². The number of benzene rings is 1. The summed E-state index contributed by atoms with van der Waals surface area (Å²) in [5.74, 6) is -0.917. The van der Waals surface area contributed by atoms with Crippen molar-refractivity contribution in [1.29, 1.82) is 0 Å². The SMILES string of the molecule is O=C(c1cn(-c2cccc(Cl)c2F)nn1)N1CCOC(c2cn[nH]c2)C1. The number of ether oxygens (including phenoxy) is 1. The van der Waals surface area contributed by atoms with Gasteiger partial charge in [-0.25, -0.2) is 9.07 Å². The zero-order chi connectivity index (χ0) is 18.1. The molecule has 10 heteroatoms. The van der Waals surface area contributed by atoms with E-state index in [1.807, 2.05) is 0 Å². The largest absolute Gasteiger partial charge is 0.370 e. The lowest BCUT2D eigenvalue weighted by atomic mass is 10.1. The van der Waals surface area contributed by atoms with Crippen LogP contribution in [0.4, 0.5) is 4.39 Å². The molecule has 134 valence electrons. The lowest BCUT2D eigenvalue weighted by molar-refractivity contribution is -0.0230. The third-order valence-electron chi connectivity index (χ3n) is 4.14. The number of hydrogen-bond donors (Lipinski definition) is 1. The maximum absolute atomic E-state index is 14.1. The maximum Gasteiger partial charge on any atom is 0.276 e. The van der Waals surface area contributed by atoms with Gasteiger partial charge in [0.2, 0.25) is 0 Å². The smallest absolute Gasteiger partial charge is 0.276 e. The number of aromatic amines is 1. The minimum Gasteiger partial charge on any atom is -0.370 e. The highest BCUT2D eigenvalue weighted by Gasteiger charge is 2.28. The van der Waals surface area contributed by atoms with E-state index in [1.165, 1.54) is 23.0 Å². The van der Waals surface area contributed by atoms with E-state index in [9.17, 15) is 9.18 Å². The Hall–Kier alpha value is -2.78. The molecule has 1 amide bonds. The first-order valence-corrected chi connectivity index (χ1v) is 8.27.